The Balaban J connectivity index is 2.10. The molecule has 1 aliphatic rings. The fraction of sp³-hybridized carbons (Fsp3) is 0.579. The molecular formula is C19H27ClF2N4O3. The first-order chi connectivity index (χ1) is 13.9. The van der Waals surface area contributed by atoms with Gasteiger partial charge < -0.3 is 26.0 Å². The third-order valence-corrected chi connectivity index (χ3v) is 5.17. The number of aliphatic hydroxyl groups excluding tert-OH is 1. The number of carbonyl (C=O) groups excluding carboxylic acids is 2. The van der Waals surface area contributed by atoms with Crippen molar-refractivity contribution in [3.8, 4) is 0 Å². The second-order valence-electron chi connectivity index (χ2n) is 7.18. The van der Waals surface area contributed by atoms with Crippen molar-refractivity contribution in [1.82, 2.24) is 20.9 Å². The van der Waals surface area contributed by atoms with E-state index in [0.29, 0.717) is 19.4 Å². The number of nitrogens with zero attached hydrogens (tertiary/aromatic N) is 1. The van der Waals surface area contributed by atoms with Gasteiger partial charge in [0.05, 0.1) is 11.1 Å². The smallest absolute Gasteiger partial charge is 0.318 e. The Morgan fingerprint density at radius 2 is 2.07 bits per heavy atom. The van der Waals surface area contributed by atoms with E-state index in [4.69, 9.17) is 11.6 Å². The first-order valence-corrected chi connectivity index (χ1v) is 9.91. The highest BCUT2D eigenvalue weighted by molar-refractivity contribution is 6.30. The molecular weight excluding hydrogens is 406 g/mol. The summed E-state index contributed by atoms with van der Waals surface area (Å²) in [5.41, 5.74) is -0.0121. The van der Waals surface area contributed by atoms with E-state index in [1.807, 2.05) is 0 Å². The number of benzene rings is 1. The van der Waals surface area contributed by atoms with Gasteiger partial charge in [-0.05, 0) is 50.9 Å². The number of amides is 3. The molecule has 0 heterocycles. The lowest BCUT2D eigenvalue weighted by atomic mass is 9.99. The van der Waals surface area contributed by atoms with Crippen LogP contribution >= 0.6 is 11.6 Å². The molecule has 0 radical (unpaired) electrons. The highest BCUT2D eigenvalue weighted by Gasteiger charge is 2.38. The molecule has 4 N–H and O–H groups in total. The molecule has 0 saturated heterocycles. The topological polar surface area (TPSA) is 93.7 Å². The summed E-state index contributed by atoms with van der Waals surface area (Å²) < 4.78 is 27.6. The molecule has 1 fully saturated rings. The quantitative estimate of drug-likeness (QED) is 0.298. The highest BCUT2D eigenvalue weighted by atomic mass is 35.5. The van der Waals surface area contributed by atoms with Gasteiger partial charge in [0.1, 0.15) is 11.6 Å². The minimum atomic E-state index is -0.762. The van der Waals surface area contributed by atoms with E-state index in [2.05, 4.69) is 16.0 Å². The molecule has 1 aromatic rings. The van der Waals surface area contributed by atoms with Crippen molar-refractivity contribution in [3.63, 3.8) is 0 Å². The van der Waals surface area contributed by atoms with E-state index in [-0.39, 0.29) is 48.3 Å². The Hall–Kier alpha value is -1.97. The molecule has 2 atom stereocenters. The van der Waals surface area contributed by atoms with Crippen molar-refractivity contribution in [2.45, 2.75) is 37.9 Å². The van der Waals surface area contributed by atoms with Crippen molar-refractivity contribution >= 4 is 24.0 Å². The predicted molar refractivity (Wildman–Crippen MR) is 105 cm³/mol. The average molecular weight is 433 g/mol. The molecule has 162 valence electrons. The second kappa shape index (κ2) is 11.3. The van der Waals surface area contributed by atoms with Crippen LogP contribution in [-0.4, -0.2) is 61.3 Å². The Labute approximate surface area is 173 Å². The van der Waals surface area contributed by atoms with Crippen LogP contribution < -0.4 is 16.0 Å². The molecule has 1 aromatic carbocycles. The summed E-state index contributed by atoms with van der Waals surface area (Å²) in [5.74, 6) is -1.57. The van der Waals surface area contributed by atoms with Gasteiger partial charge >= 0.3 is 6.03 Å². The number of hydrogen-bond donors (Lipinski definition) is 4. The largest absolute Gasteiger partial charge is 0.396 e. The normalized spacial score (nSPS) is 15.5. The van der Waals surface area contributed by atoms with E-state index < -0.39 is 17.7 Å². The van der Waals surface area contributed by atoms with Gasteiger partial charge in [0.15, 0.2) is 0 Å². The third-order valence-electron chi connectivity index (χ3n) is 4.88. The van der Waals surface area contributed by atoms with Crippen molar-refractivity contribution in [1.29, 1.82) is 0 Å². The standard InChI is InChI=1S/C19H27ClF2N4O3/c1-23-7-12(10-27)4-15(9-24-11-28)26(14-2-3-14)19(29)25-8-13-5-18(22)16(20)6-17(13)21/h5-6,11-12,14-15,23,27H,2-4,7-10H2,1H3,(H,24,28)(H,25,29). The van der Waals surface area contributed by atoms with Crippen LogP contribution in [0, 0.1) is 17.6 Å². The summed E-state index contributed by atoms with van der Waals surface area (Å²) in [6, 6.07) is 1.07. The number of aliphatic hydroxyl groups is 1. The molecule has 10 heteroatoms. The molecule has 1 saturated carbocycles. The number of rotatable bonds is 12. The maximum absolute atomic E-state index is 14.0. The minimum Gasteiger partial charge on any atom is -0.396 e. The van der Waals surface area contributed by atoms with Crippen molar-refractivity contribution in [2.75, 3.05) is 26.7 Å². The Bertz CT molecular complexity index is 706. The van der Waals surface area contributed by atoms with E-state index in [9.17, 15) is 23.5 Å². The zero-order valence-corrected chi connectivity index (χ0v) is 17.0. The lowest BCUT2D eigenvalue weighted by Crippen LogP contribution is -2.52. The number of carbonyl (C=O) groups is 2. The molecule has 29 heavy (non-hydrogen) atoms. The van der Waals surface area contributed by atoms with Crippen LogP contribution in [0.15, 0.2) is 12.1 Å². The van der Waals surface area contributed by atoms with Crippen LogP contribution in [0.4, 0.5) is 13.6 Å². The van der Waals surface area contributed by atoms with Crippen LogP contribution in [0.1, 0.15) is 24.8 Å². The summed E-state index contributed by atoms with van der Waals surface area (Å²) in [4.78, 5) is 25.3. The Morgan fingerprint density at radius 1 is 1.34 bits per heavy atom. The van der Waals surface area contributed by atoms with Gasteiger partial charge in [0, 0.05) is 31.3 Å². The Kier molecular flexibility index (Phi) is 9.06. The van der Waals surface area contributed by atoms with Gasteiger partial charge in [0.2, 0.25) is 6.41 Å². The second-order valence-corrected chi connectivity index (χ2v) is 7.58. The molecule has 1 aliphatic carbocycles. The van der Waals surface area contributed by atoms with E-state index >= 15 is 0 Å². The van der Waals surface area contributed by atoms with E-state index in [0.717, 1.165) is 25.0 Å². The zero-order valence-electron chi connectivity index (χ0n) is 16.3. The van der Waals surface area contributed by atoms with E-state index in [1.54, 1.807) is 11.9 Å². The summed E-state index contributed by atoms with van der Waals surface area (Å²) >= 11 is 5.56. The molecule has 0 bridgehead atoms. The van der Waals surface area contributed by atoms with Crippen molar-refractivity contribution in [3.05, 3.63) is 34.4 Å². The van der Waals surface area contributed by atoms with Crippen LogP contribution in [0.3, 0.4) is 0 Å². The van der Waals surface area contributed by atoms with Crippen LogP contribution in [-0.2, 0) is 11.3 Å². The lowest BCUT2D eigenvalue weighted by Gasteiger charge is -2.34. The van der Waals surface area contributed by atoms with Crippen LogP contribution in [0.2, 0.25) is 5.02 Å². The summed E-state index contributed by atoms with van der Waals surface area (Å²) in [7, 11) is 1.77. The fourth-order valence-electron chi connectivity index (χ4n) is 3.32. The van der Waals surface area contributed by atoms with Gasteiger partial charge in [-0.25, -0.2) is 13.6 Å². The molecule has 0 aromatic heterocycles. The molecule has 2 unspecified atom stereocenters. The molecule has 7 nitrogen and oxygen atoms in total. The Morgan fingerprint density at radius 3 is 2.66 bits per heavy atom. The van der Waals surface area contributed by atoms with Gasteiger partial charge in [0.25, 0.3) is 0 Å². The number of hydrogen-bond acceptors (Lipinski definition) is 4. The van der Waals surface area contributed by atoms with Gasteiger partial charge in [-0.1, -0.05) is 11.6 Å². The van der Waals surface area contributed by atoms with Gasteiger partial charge in [-0.2, -0.15) is 0 Å². The van der Waals surface area contributed by atoms with Gasteiger partial charge in [-0.15, -0.1) is 0 Å². The maximum Gasteiger partial charge on any atom is 0.318 e. The highest BCUT2D eigenvalue weighted by Crippen LogP contribution is 2.30. The molecule has 3 amide bonds. The lowest BCUT2D eigenvalue weighted by molar-refractivity contribution is -0.109. The minimum absolute atomic E-state index is 0.00850. The molecule has 0 aliphatic heterocycles. The number of nitrogens with one attached hydrogen (secondary N) is 3. The number of halogens is 3. The summed E-state index contributed by atoms with van der Waals surface area (Å²) in [6.45, 7) is 0.532. The first-order valence-electron chi connectivity index (χ1n) is 9.53. The monoisotopic (exact) mass is 432 g/mol. The van der Waals surface area contributed by atoms with Crippen LogP contribution in [0.5, 0.6) is 0 Å². The SMILES string of the molecule is CNCC(CO)CC(CNC=O)N(C(=O)NCc1cc(F)c(Cl)cc1F)C1CC1. The maximum atomic E-state index is 14.0. The molecule has 0 spiro atoms. The van der Waals surface area contributed by atoms with Gasteiger partial charge in [-0.3, -0.25) is 4.79 Å². The number of urea groups is 1. The van der Waals surface area contributed by atoms with Crippen LogP contribution in [0.25, 0.3) is 0 Å². The predicted octanol–water partition coefficient (Wildman–Crippen LogP) is 1.62. The summed E-state index contributed by atoms with van der Waals surface area (Å²) in [5, 5.41) is 17.5. The summed E-state index contributed by atoms with van der Waals surface area (Å²) in [6.07, 6.45) is 2.69. The molecule has 2 rings (SSSR count). The average Bonchev–Trinajstić information content (AvgIpc) is 3.52. The third kappa shape index (κ3) is 6.80. The first kappa shape index (κ1) is 23.3. The fourth-order valence-corrected chi connectivity index (χ4v) is 3.47. The van der Waals surface area contributed by atoms with E-state index in [1.165, 1.54) is 0 Å². The zero-order chi connectivity index (χ0) is 21.4. The van der Waals surface area contributed by atoms with Crippen molar-refractivity contribution < 1.29 is 23.5 Å². The van der Waals surface area contributed by atoms with Crippen molar-refractivity contribution in [2.24, 2.45) is 5.92 Å².